The molecule has 3 heterocycles. The van der Waals surface area contributed by atoms with E-state index in [0.29, 0.717) is 41.1 Å². The van der Waals surface area contributed by atoms with Crippen LogP contribution in [0.2, 0.25) is 10.1 Å². The van der Waals surface area contributed by atoms with Gasteiger partial charge in [-0.15, -0.1) is 0 Å². The van der Waals surface area contributed by atoms with Crippen LogP contribution in [0.5, 0.6) is 5.75 Å². The Balaban J connectivity index is 1.15. The van der Waals surface area contributed by atoms with Crippen molar-refractivity contribution in [2.45, 2.75) is 76.6 Å². The minimum atomic E-state index is -3.10. The third kappa shape index (κ3) is 9.71. The first-order valence-corrected chi connectivity index (χ1v) is 25.2. The second-order valence-electron chi connectivity index (χ2n) is 18.8. The van der Waals surface area contributed by atoms with Gasteiger partial charge in [0.25, 0.3) is 8.32 Å². The second-order valence-corrected chi connectivity index (χ2v) is 23.5. The number of nitrogens with zero attached hydrogens (tertiary/aromatic N) is 3. The van der Waals surface area contributed by atoms with Crippen LogP contribution >= 0.6 is 11.6 Å². The maximum Gasteiger partial charge on any atom is 0.261 e. The van der Waals surface area contributed by atoms with Crippen molar-refractivity contribution in [3.8, 4) is 5.75 Å². The Bertz CT molecular complexity index is 2450. The number of phenolic OH excluding ortho intramolecular Hbond substituents is 1. The van der Waals surface area contributed by atoms with Crippen molar-refractivity contribution in [2.24, 2.45) is 17.8 Å². The monoisotopic (exact) mass is 909 g/mol. The molecule has 1 aliphatic carbocycles. The fraction of sp³-hybridized carbons (Fsp3) is 0.352. The van der Waals surface area contributed by atoms with Crippen molar-refractivity contribution in [3.05, 3.63) is 167 Å². The molecule has 0 spiro atoms. The van der Waals surface area contributed by atoms with Gasteiger partial charge in [0.05, 0.1) is 41.9 Å². The molecule has 4 aromatic carbocycles. The Hall–Kier alpha value is -5.20. The van der Waals surface area contributed by atoms with Crippen molar-refractivity contribution in [1.82, 2.24) is 14.8 Å². The molecule has 11 heteroatoms. The number of piperidine rings is 1. The summed E-state index contributed by atoms with van der Waals surface area (Å²) in [6, 6.07) is 41.3. The number of amides is 2. The SMILES string of the molecule is CC(C)(C)[Si](OCC1=C([C@H](O)CC/C(=C/c2ccc(O)cc2Cl)c2ccccn2)[C@H](CO)[C@@H]2C(=O)N(C3CCN(Cc4ccccc4)CC3)C(=O)[C@@H]2C1)(c1ccccc1)c1ccccc1. The Kier molecular flexibility index (Phi) is 14.3. The lowest BCUT2D eigenvalue weighted by atomic mass is 9.68. The van der Waals surface area contributed by atoms with E-state index < -0.39 is 38.8 Å². The minimum Gasteiger partial charge on any atom is -0.508 e. The molecule has 0 unspecified atom stereocenters. The molecule has 338 valence electrons. The number of aromatic hydroxyl groups is 1. The molecule has 2 saturated heterocycles. The third-order valence-electron chi connectivity index (χ3n) is 13.8. The van der Waals surface area contributed by atoms with Gasteiger partial charge in [0.2, 0.25) is 11.8 Å². The van der Waals surface area contributed by atoms with Gasteiger partial charge in [0, 0.05) is 37.8 Å². The van der Waals surface area contributed by atoms with Crippen LogP contribution in [0.3, 0.4) is 0 Å². The van der Waals surface area contributed by atoms with Gasteiger partial charge in [0.15, 0.2) is 0 Å². The maximum atomic E-state index is 14.8. The number of pyridine rings is 1. The van der Waals surface area contributed by atoms with E-state index in [-0.39, 0.29) is 48.1 Å². The van der Waals surface area contributed by atoms with Crippen LogP contribution in [0.15, 0.2) is 145 Å². The van der Waals surface area contributed by atoms with Crippen molar-refractivity contribution in [1.29, 1.82) is 0 Å². The van der Waals surface area contributed by atoms with Crippen LogP contribution in [0.4, 0.5) is 0 Å². The summed E-state index contributed by atoms with van der Waals surface area (Å²) >= 11 is 6.59. The van der Waals surface area contributed by atoms with Gasteiger partial charge in [-0.05, 0) is 112 Å². The number of aliphatic hydroxyl groups excluding tert-OH is 2. The zero-order valence-corrected chi connectivity index (χ0v) is 39.3. The number of hydrogen-bond donors (Lipinski definition) is 3. The average Bonchev–Trinajstić information content (AvgIpc) is 3.57. The maximum absolute atomic E-state index is 14.8. The number of aliphatic hydroxyl groups is 2. The van der Waals surface area contributed by atoms with Crippen LogP contribution in [0.1, 0.15) is 69.7 Å². The number of carbonyl (C=O) groups is 2. The molecule has 9 nitrogen and oxygen atoms in total. The lowest BCUT2D eigenvalue weighted by Gasteiger charge is -2.44. The lowest BCUT2D eigenvalue weighted by molar-refractivity contribution is -0.144. The summed E-state index contributed by atoms with van der Waals surface area (Å²) in [5.74, 6) is -2.68. The van der Waals surface area contributed by atoms with Crippen LogP contribution in [0.25, 0.3) is 11.6 Å². The van der Waals surface area contributed by atoms with Crippen LogP contribution in [0, 0.1) is 17.8 Å². The third-order valence-corrected chi connectivity index (χ3v) is 19.1. The molecule has 65 heavy (non-hydrogen) atoms. The van der Waals surface area contributed by atoms with Crippen LogP contribution in [-0.4, -0.2) is 88.7 Å². The first-order chi connectivity index (χ1) is 31.4. The highest BCUT2D eigenvalue weighted by Crippen LogP contribution is 2.48. The Morgan fingerprint density at radius 1 is 0.877 bits per heavy atom. The van der Waals surface area contributed by atoms with Crippen molar-refractivity contribution >= 4 is 53.8 Å². The largest absolute Gasteiger partial charge is 0.508 e. The molecule has 0 bridgehead atoms. The van der Waals surface area contributed by atoms with Crippen molar-refractivity contribution in [2.75, 3.05) is 26.3 Å². The lowest BCUT2D eigenvalue weighted by Crippen LogP contribution is -2.66. The van der Waals surface area contributed by atoms with Crippen LogP contribution in [-0.2, 0) is 20.6 Å². The molecule has 2 fully saturated rings. The molecule has 2 aliphatic heterocycles. The predicted molar refractivity (Wildman–Crippen MR) is 260 cm³/mol. The first kappa shape index (κ1) is 46.3. The number of imide groups is 1. The molecule has 3 N–H and O–H groups in total. The zero-order valence-electron chi connectivity index (χ0n) is 37.5. The fourth-order valence-corrected chi connectivity index (χ4v) is 15.5. The van der Waals surface area contributed by atoms with E-state index in [1.807, 2.05) is 78.9 Å². The summed E-state index contributed by atoms with van der Waals surface area (Å²) in [6.07, 6.45) is 4.73. The molecule has 3 aliphatic rings. The Labute approximate surface area is 389 Å². The summed E-state index contributed by atoms with van der Waals surface area (Å²) in [7, 11) is -3.10. The van der Waals surface area contributed by atoms with Crippen molar-refractivity contribution < 1.29 is 29.3 Å². The van der Waals surface area contributed by atoms with E-state index in [9.17, 15) is 24.9 Å². The van der Waals surface area contributed by atoms with E-state index in [2.05, 4.69) is 67.1 Å². The molecule has 4 atom stereocenters. The normalized spacial score (nSPS) is 20.6. The molecule has 8 rings (SSSR count). The molecule has 5 aromatic rings. The van der Waals surface area contributed by atoms with Gasteiger partial charge in [-0.2, -0.15) is 0 Å². The molecule has 1 aromatic heterocycles. The molecule has 2 amide bonds. The zero-order chi connectivity index (χ0) is 45.7. The molecule has 0 radical (unpaired) electrons. The number of benzene rings is 4. The summed E-state index contributed by atoms with van der Waals surface area (Å²) < 4.78 is 7.51. The van der Waals surface area contributed by atoms with E-state index >= 15 is 0 Å². The number of allylic oxidation sites excluding steroid dienone is 1. The predicted octanol–water partition coefficient (Wildman–Crippen LogP) is 8.27. The standard InChI is InChI=1S/C54H60ClN3O6Si/c1-54(2,3)65(43-17-9-5-10-18-43,44-19-11-6-12-20-44)64-36-40-32-45-51(53(63)58(52(45)62)41-26-29-57(30-27-41)34-37-15-7-4-8-16-37)46(35-59)50(40)49(61)25-23-39(48-21-13-14-28-56-48)31-38-22-24-42(60)33-47(38)55/h4-22,24,28,31,33,41,45-46,49,51,59-61H,23,25-27,29-30,32,34-36H2,1-3H3/b39-31-/t45-,46+,49-,51-/m1/s1. The highest BCUT2D eigenvalue weighted by molar-refractivity contribution is 6.99. The van der Waals surface area contributed by atoms with Gasteiger partial charge in [-0.3, -0.25) is 24.4 Å². The van der Waals surface area contributed by atoms with E-state index in [4.69, 9.17) is 16.0 Å². The summed E-state index contributed by atoms with van der Waals surface area (Å²) in [4.78, 5) is 38.1. The number of halogens is 1. The summed E-state index contributed by atoms with van der Waals surface area (Å²) in [5.41, 5.74) is 4.78. The fourth-order valence-electron chi connectivity index (χ4n) is 10.7. The van der Waals surface area contributed by atoms with Gasteiger partial charge < -0.3 is 19.7 Å². The number of fused-ring (bicyclic) bond motifs is 1. The highest BCUT2D eigenvalue weighted by atomic mass is 35.5. The second kappa shape index (κ2) is 20.1. The Morgan fingerprint density at radius 2 is 1.51 bits per heavy atom. The van der Waals surface area contributed by atoms with Gasteiger partial charge in [-0.1, -0.05) is 129 Å². The number of hydrogen-bond acceptors (Lipinski definition) is 8. The smallest absolute Gasteiger partial charge is 0.261 e. The summed E-state index contributed by atoms with van der Waals surface area (Å²) in [6.45, 7) is 8.68. The van der Waals surface area contributed by atoms with Gasteiger partial charge >= 0.3 is 0 Å². The number of aromatic nitrogens is 1. The number of rotatable bonds is 15. The first-order valence-electron chi connectivity index (χ1n) is 22.9. The number of carbonyl (C=O) groups excluding carboxylic acids is 2. The van der Waals surface area contributed by atoms with Gasteiger partial charge in [-0.25, -0.2) is 0 Å². The van der Waals surface area contributed by atoms with Crippen LogP contribution < -0.4 is 10.4 Å². The number of likely N-dealkylation sites (tertiary alicyclic amines) is 2. The van der Waals surface area contributed by atoms with E-state index in [1.165, 1.54) is 16.5 Å². The number of phenols is 1. The van der Waals surface area contributed by atoms with Crippen molar-refractivity contribution in [3.63, 3.8) is 0 Å². The van der Waals surface area contributed by atoms with Gasteiger partial charge in [0.1, 0.15) is 5.75 Å². The molecular formula is C54H60ClN3O6Si. The Morgan fingerprint density at radius 3 is 2.09 bits per heavy atom. The quantitative estimate of drug-likeness (QED) is 0.0546. The average molecular weight is 911 g/mol. The highest BCUT2D eigenvalue weighted by Gasteiger charge is 2.57. The topological polar surface area (TPSA) is 123 Å². The molecular weight excluding hydrogens is 850 g/mol. The molecule has 0 saturated carbocycles. The van der Waals surface area contributed by atoms with E-state index in [0.717, 1.165) is 41.2 Å². The van der Waals surface area contributed by atoms with E-state index in [1.54, 1.807) is 18.3 Å². The summed E-state index contributed by atoms with van der Waals surface area (Å²) in [5, 5.41) is 36.4. The minimum absolute atomic E-state index is 0.0550.